The normalized spacial score (nSPS) is 15.6. The first kappa shape index (κ1) is 31.9. The van der Waals surface area contributed by atoms with Crippen LogP contribution in [0, 0.1) is 6.92 Å². The summed E-state index contributed by atoms with van der Waals surface area (Å²) in [6, 6.07) is 7.34. The van der Waals surface area contributed by atoms with Crippen LogP contribution >= 0.6 is 0 Å². The molecule has 4 heterocycles. The third-order valence-electron chi connectivity index (χ3n) is 7.12. The van der Waals surface area contributed by atoms with Crippen LogP contribution in [-0.2, 0) is 37.9 Å². The topological polar surface area (TPSA) is 148 Å². The molecule has 1 aromatic carbocycles. The molecule has 45 heavy (non-hydrogen) atoms. The highest BCUT2D eigenvalue weighted by molar-refractivity contribution is 7.92. The smallest absolute Gasteiger partial charge is 0.441 e. The maximum atomic E-state index is 13.1. The van der Waals surface area contributed by atoms with Gasteiger partial charge in [0.1, 0.15) is 17.9 Å². The van der Waals surface area contributed by atoms with Crippen LogP contribution in [0.1, 0.15) is 50.1 Å². The van der Waals surface area contributed by atoms with Crippen LogP contribution in [-0.4, -0.2) is 69.5 Å². The molecular formula is C31H39N7O6S. The van der Waals surface area contributed by atoms with Gasteiger partial charge in [0.15, 0.2) is 0 Å². The van der Waals surface area contributed by atoms with Gasteiger partial charge in [-0.25, -0.2) is 28.7 Å². The second kappa shape index (κ2) is 12.9. The minimum Gasteiger partial charge on any atom is -0.474 e. The molecule has 2 aliphatic heterocycles. The standard InChI is InChI=1S/C31H39N7O6S/c1-7-42-29(39)36-45(6,41)19-21-9-8-10-23(15-21)34-28-33-16-22-11-12-37(18-24(22)35-28)25-17-32-27-26(20(25)2)38(13-14-43-27)30(40)44-31(3,4)5/h8-10,15-17H,7,11-14,18-19H2,1-6H3,(H,33,34,35). The first-order valence-electron chi connectivity index (χ1n) is 14.8. The number of carbonyl (C=O) groups is 2. The zero-order valence-corrected chi connectivity index (χ0v) is 27.3. The molecule has 0 spiro atoms. The molecule has 0 saturated heterocycles. The summed E-state index contributed by atoms with van der Waals surface area (Å²) in [5, 5.41) is 3.24. The Labute approximate surface area is 263 Å². The van der Waals surface area contributed by atoms with E-state index in [2.05, 4.69) is 24.5 Å². The minimum atomic E-state index is -2.82. The Morgan fingerprint density at radius 1 is 1.18 bits per heavy atom. The number of anilines is 4. The van der Waals surface area contributed by atoms with Crippen LogP contribution in [0.5, 0.6) is 5.88 Å². The highest BCUT2D eigenvalue weighted by Crippen LogP contribution is 2.39. The van der Waals surface area contributed by atoms with Crippen LogP contribution in [0.4, 0.5) is 32.6 Å². The molecule has 3 aromatic rings. The Hall–Kier alpha value is -4.46. The number of amides is 2. The average molecular weight is 638 g/mol. The zero-order chi connectivity index (χ0) is 32.4. The van der Waals surface area contributed by atoms with E-state index in [1.165, 1.54) is 6.26 Å². The molecule has 240 valence electrons. The summed E-state index contributed by atoms with van der Waals surface area (Å²) >= 11 is 0. The molecule has 1 unspecified atom stereocenters. The van der Waals surface area contributed by atoms with Gasteiger partial charge < -0.3 is 24.4 Å². The lowest BCUT2D eigenvalue weighted by molar-refractivity contribution is 0.0566. The van der Waals surface area contributed by atoms with Gasteiger partial charge in [0, 0.05) is 30.2 Å². The van der Waals surface area contributed by atoms with E-state index in [4.69, 9.17) is 19.2 Å². The Morgan fingerprint density at radius 3 is 2.73 bits per heavy atom. The van der Waals surface area contributed by atoms with Crippen molar-refractivity contribution >= 4 is 44.9 Å². The van der Waals surface area contributed by atoms with Crippen LogP contribution in [0.15, 0.2) is 41.0 Å². The van der Waals surface area contributed by atoms with Gasteiger partial charge in [-0.05, 0) is 64.3 Å². The molecule has 0 bridgehead atoms. The second-order valence-corrected chi connectivity index (χ2v) is 14.3. The van der Waals surface area contributed by atoms with Crippen LogP contribution in [0.3, 0.4) is 0 Å². The Balaban J connectivity index is 1.34. The minimum absolute atomic E-state index is 0.0892. The maximum absolute atomic E-state index is 13.1. The fourth-order valence-electron chi connectivity index (χ4n) is 5.23. The van der Waals surface area contributed by atoms with E-state index in [0.29, 0.717) is 42.9 Å². The van der Waals surface area contributed by atoms with Gasteiger partial charge in [-0.1, -0.05) is 12.1 Å². The third-order valence-corrected chi connectivity index (χ3v) is 8.53. The number of pyridine rings is 1. The number of nitrogens with one attached hydrogen (secondary N) is 1. The zero-order valence-electron chi connectivity index (χ0n) is 26.5. The van der Waals surface area contributed by atoms with Crippen molar-refractivity contribution in [3.05, 3.63) is 59.0 Å². The Bertz CT molecular complexity index is 1730. The van der Waals surface area contributed by atoms with Crippen molar-refractivity contribution in [1.29, 1.82) is 0 Å². The van der Waals surface area contributed by atoms with Crippen LogP contribution in [0.25, 0.3) is 0 Å². The van der Waals surface area contributed by atoms with Gasteiger partial charge in [-0.2, -0.15) is 0 Å². The van der Waals surface area contributed by atoms with Crippen molar-refractivity contribution in [1.82, 2.24) is 15.0 Å². The SMILES string of the molecule is CCOC(=O)N=S(C)(=O)Cc1cccc(Nc2ncc3c(n2)CN(c2cnc4c(c2C)N(C(=O)OC(C)(C)C)CCO4)CC3)c1. The number of aromatic nitrogens is 3. The van der Waals surface area contributed by atoms with E-state index < -0.39 is 27.5 Å². The fourth-order valence-corrected chi connectivity index (χ4v) is 6.46. The van der Waals surface area contributed by atoms with Crippen LogP contribution < -0.4 is 19.9 Å². The molecule has 0 saturated carbocycles. The monoisotopic (exact) mass is 637 g/mol. The summed E-state index contributed by atoms with van der Waals surface area (Å²) in [5.74, 6) is 0.924. The molecule has 0 aliphatic carbocycles. The van der Waals surface area contributed by atoms with Crippen molar-refractivity contribution in [2.24, 2.45) is 4.36 Å². The van der Waals surface area contributed by atoms with E-state index in [1.54, 1.807) is 18.0 Å². The number of benzene rings is 1. The molecule has 1 N–H and O–H groups in total. The lowest BCUT2D eigenvalue weighted by atomic mass is 10.0. The van der Waals surface area contributed by atoms with Crippen molar-refractivity contribution in [2.75, 3.05) is 47.7 Å². The quantitative estimate of drug-likeness (QED) is 0.372. The number of carbonyl (C=O) groups excluding carboxylic acids is 2. The molecule has 1 atom stereocenters. The van der Waals surface area contributed by atoms with E-state index in [0.717, 1.165) is 41.0 Å². The van der Waals surface area contributed by atoms with Crippen molar-refractivity contribution in [3.8, 4) is 5.88 Å². The molecule has 2 aliphatic rings. The molecule has 14 heteroatoms. The van der Waals surface area contributed by atoms with Gasteiger partial charge in [0.2, 0.25) is 11.8 Å². The summed E-state index contributed by atoms with van der Waals surface area (Å²) < 4.78 is 32.9. The summed E-state index contributed by atoms with van der Waals surface area (Å²) in [6.45, 7) is 11.3. The van der Waals surface area contributed by atoms with E-state index in [9.17, 15) is 13.8 Å². The number of hydrogen-bond acceptors (Lipinski definition) is 11. The van der Waals surface area contributed by atoms with E-state index in [-0.39, 0.29) is 12.4 Å². The van der Waals surface area contributed by atoms with Crippen molar-refractivity contribution in [3.63, 3.8) is 0 Å². The van der Waals surface area contributed by atoms with Crippen LogP contribution in [0.2, 0.25) is 0 Å². The second-order valence-electron chi connectivity index (χ2n) is 12.0. The third kappa shape index (κ3) is 7.80. The Kier molecular flexibility index (Phi) is 9.14. The van der Waals surface area contributed by atoms with E-state index in [1.807, 2.05) is 58.2 Å². The number of rotatable bonds is 6. The molecule has 2 aromatic heterocycles. The van der Waals surface area contributed by atoms with E-state index >= 15 is 0 Å². The average Bonchev–Trinajstić information content (AvgIpc) is 2.95. The molecular weight excluding hydrogens is 598 g/mol. The summed E-state index contributed by atoms with van der Waals surface area (Å²) in [4.78, 5) is 42.5. The first-order valence-corrected chi connectivity index (χ1v) is 16.9. The van der Waals surface area contributed by atoms with Gasteiger partial charge in [0.25, 0.3) is 0 Å². The molecule has 0 fully saturated rings. The van der Waals surface area contributed by atoms with Gasteiger partial charge in [-0.3, -0.25) is 4.90 Å². The number of fused-ring (bicyclic) bond motifs is 2. The van der Waals surface area contributed by atoms with Gasteiger partial charge in [0.05, 0.1) is 52.8 Å². The lowest BCUT2D eigenvalue weighted by Gasteiger charge is -2.35. The number of hydrogen-bond donors (Lipinski definition) is 1. The molecule has 2 amide bonds. The summed E-state index contributed by atoms with van der Waals surface area (Å²) in [5.41, 5.74) is 5.13. The molecule has 0 radical (unpaired) electrons. The predicted octanol–water partition coefficient (Wildman–Crippen LogP) is 5.37. The molecule has 13 nitrogen and oxygen atoms in total. The molecule has 5 rings (SSSR count). The predicted molar refractivity (Wildman–Crippen MR) is 172 cm³/mol. The fraction of sp³-hybridized carbons (Fsp3) is 0.452. The first-order chi connectivity index (χ1) is 21.3. The number of nitrogens with zero attached hydrogens (tertiary/aromatic N) is 6. The van der Waals surface area contributed by atoms with Gasteiger partial charge in [-0.15, -0.1) is 4.36 Å². The van der Waals surface area contributed by atoms with Crippen molar-refractivity contribution < 1.29 is 28.0 Å². The lowest BCUT2D eigenvalue weighted by Crippen LogP contribution is -2.42. The number of ether oxygens (including phenoxy) is 3. The Morgan fingerprint density at radius 2 is 1.98 bits per heavy atom. The van der Waals surface area contributed by atoms with Gasteiger partial charge >= 0.3 is 12.2 Å². The maximum Gasteiger partial charge on any atom is 0.441 e. The highest BCUT2D eigenvalue weighted by atomic mass is 32.2. The largest absolute Gasteiger partial charge is 0.474 e. The van der Waals surface area contributed by atoms with Crippen molar-refractivity contribution in [2.45, 2.75) is 58.9 Å². The highest BCUT2D eigenvalue weighted by Gasteiger charge is 2.32. The summed E-state index contributed by atoms with van der Waals surface area (Å²) in [7, 11) is -2.82. The summed E-state index contributed by atoms with van der Waals surface area (Å²) in [6.07, 6.45) is 4.53.